The molecule has 100 valence electrons. The fourth-order valence-electron chi connectivity index (χ4n) is 1.88. The lowest BCUT2D eigenvalue weighted by molar-refractivity contribution is -0.894. The van der Waals surface area contributed by atoms with Crippen LogP contribution in [0.3, 0.4) is 0 Å². The summed E-state index contributed by atoms with van der Waals surface area (Å²) in [7, 11) is 2.04. The molecule has 2 heterocycles. The Balaban J connectivity index is 1.83. The van der Waals surface area contributed by atoms with Crippen LogP contribution in [0.15, 0.2) is 41.1 Å². The highest BCUT2D eigenvalue weighted by Gasteiger charge is 2.09. The van der Waals surface area contributed by atoms with Crippen LogP contribution in [0.2, 0.25) is 0 Å². The third kappa shape index (κ3) is 3.93. The molecule has 1 N–H and O–H groups in total. The first-order chi connectivity index (χ1) is 9.15. The van der Waals surface area contributed by atoms with Crippen molar-refractivity contribution in [3.05, 3.63) is 53.7 Å². The van der Waals surface area contributed by atoms with E-state index in [0.29, 0.717) is 12.3 Å². The van der Waals surface area contributed by atoms with E-state index < -0.39 is 5.97 Å². The Morgan fingerprint density at radius 2 is 2.05 bits per heavy atom. The minimum Gasteiger partial charge on any atom is -0.542 e. The number of carboxylic acid groups (broad SMARTS) is 1. The van der Waals surface area contributed by atoms with E-state index in [9.17, 15) is 9.90 Å². The Morgan fingerprint density at radius 3 is 2.68 bits per heavy atom. The molecule has 0 aliphatic rings. The van der Waals surface area contributed by atoms with Crippen LogP contribution in [0.4, 0.5) is 0 Å². The van der Waals surface area contributed by atoms with E-state index in [1.165, 1.54) is 16.5 Å². The third-order valence-electron chi connectivity index (χ3n) is 2.93. The average Bonchev–Trinajstić information content (AvgIpc) is 2.86. The number of carboxylic acids is 1. The molecule has 0 saturated carbocycles. The molecule has 0 aliphatic heterocycles. The summed E-state index contributed by atoms with van der Waals surface area (Å²) >= 11 is 0. The molecule has 1 unspecified atom stereocenters. The van der Waals surface area contributed by atoms with Crippen molar-refractivity contribution in [1.29, 1.82) is 0 Å². The molecule has 0 radical (unpaired) electrons. The lowest BCUT2D eigenvalue weighted by Crippen LogP contribution is -3.07. The number of furan rings is 1. The van der Waals surface area contributed by atoms with Crippen molar-refractivity contribution in [2.45, 2.75) is 13.0 Å². The number of aromatic carboxylic acids is 1. The van der Waals surface area contributed by atoms with E-state index >= 15 is 0 Å². The molecule has 19 heavy (non-hydrogen) atoms. The SMILES string of the molecule is C[NH+](CCc1ccncc1)Cc1ccc(C(=O)[O-])o1. The van der Waals surface area contributed by atoms with Gasteiger partial charge in [-0.15, -0.1) is 0 Å². The highest BCUT2D eigenvalue weighted by atomic mass is 16.4. The molecular weight excluding hydrogens is 244 g/mol. The van der Waals surface area contributed by atoms with Crippen LogP contribution in [0.25, 0.3) is 0 Å². The van der Waals surface area contributed by atoms with Gasteiger partial charge in [-0.1, -0.05) is 0 Å². The fourth-order valence-corrected chi connectivity index (χ4v) is 1.88. The number of carbonyl (C=O) groups excluding carboxylic acids is 1. The Bertz CT molecular complexity index is 537. The minimum absolute atomic E-state index is 0.114. The summed E-state index contributed by atoms with van der Waals surface area (Å²) in [5, 5.41) is 10.6. The first-order valence-electron chi connectivity index (χ1n) is 6.15. The molecule has 0 aliphatic carbocycles. The number of carbonyl (C=O) groups is 1. The highest BCUT2D eigenvalue weighted by molar-refractivity contribution is 5.82. The Morgan fingerprint density at radius 1 is 1.32 bits per heavy atom. The number of likely N-dealkylation sites (N-methyl/N-ethyl adjacent to an activating group) is 1. The number of aromatic nitrogens is 1. The van der Waals surface area contributed by atoms with Crippen LogP contribution in [-0.4, -0.2) is 24.5 Å². The van der Waals surface area contributed by atoms with Gasteiger partial charge in [0.2, 0.25) is 0 Å². The van der Waals surface area contributed by atoms with Crippen molar-refractivity contribution < 1.29 is 19.2 Å². The smallest absolute Gasteiger partial charge is 0.158 e. The summed E-state index contributed by atoms with van der Waals surface area (Å²) < 4.78 is 5.17. The van der Waals surface area contributed by atoms with E-state index in [-0.39, 0.29) is 5.76 Å². The predicted octanol–water partition coefficient (Wildman–Crippen LogP) is -0.704. The Kier molecular flexibility index (Phi) is 4.30. The summed E-state index contributed by atoms with van der Waals surface area (Å²) in [5.41, 5.74) is 1.24. The maximum atomic E-state index is 10.6. The summed E-state index contributed by atoms with van der Waals surface area (Å²) in [6.07, 6.45) is 4.51. The molecule has 0 aromatic carbocycles. The van der Waals surface area contributed by atoms with E-state index in [4.69, 9.17) is 4.42 Å². The average molecular weight is 260 g/mol. The van der Waals surface area contributed by atoms with E-state index in [0.717, 1.165) is 13.0 Å². The molecule has 2 rings (SSSR count). The largest absolute Gasteiger partial charge is 0.542 e. The predicted molar refractivity (Wildman–Crippen MR) is 66.4 cm³/mol. The van der Waals surface area contributed by atoms with Crippen LogP contribution in [0.1, 0.15) is 21.9 Å². The molecule has 5 heteroatoms. The molecular formula is C14H16N2O3. The zero-order valence-electron chi connectivity index (χ0n) is 10.8. The zero-order chi connectivity index (χ0) is 13.7. The molecule has 2 aromatic heterocycles. The maximum Gasteiger partial charge on any atom is 0.158 e. The normalized spacial score (nSPS) is 12.3. The van der Waals surface area contributed by atoms with Crippen LogP contribution in [-0.2, 0) is 13.0 Å². The van der Waals surface area contributed by atoms with E-state index in [2.05, 4.69) is 4.98 Å². The Labute approximate surface area is 111 Å². The second-order valence-corrected chi connectivity index (χ2v) is 4.54. The van der Waals surface area contributed by atoms with Gasteiger partial charge in [0.15, 0.2) is 5.76 Å². The number of nitrogens with one attached hydrogen (secondary N) is 1. The summed E-state index contributed by atoms with van der Waals surface area (Å²) in [6.45, 7) is 1.59. The Hall–Kier alpha value is -2.14. The van der Waals surface area contributed by atoms with Crippen LogP contribution < -0.4 is 10.0 Å². The van der Waals surface area contributed by atoms with Gasteiger partial charge < -0.3 is 19.2 Å². The van der Waals surface area contributed by atoms with Gasteiger partial charge in [-0.25, -0.2) is 0 Å². The minimum atomic E-state index is -1.28. The van der Waals surface area contributed by atoms with Crippen LogP contribution >= 0.6 is 0 Å². The van der Waals surface area contributed by atoms with Gasteiger partial charge in [0.05, 0.1) is 13.6 Å². The van der Waals surface area contributed by atoms with Crippen molar-refractivity contribution in [2.75, 3.05) is 13.6 Å². The molecule has 0 saturated heterocycles. The quantitative estimate of drug-likeness (QED) is 0.745. The lowest BCUT2D eigenvalue weighted by atomic mass is 10.2. The second kappa shape index (κ2) is 6.15. The molecule has 2 aromatic rings. The second-order valence-electron chi connectivity index (χ2n) is 4.54. The molecule has 0 bridgehead atoms. The van der Waals surface area contributed by atoms with Crippen molar-refractivity contribution in [3.8, 4) is 0 Å². The van der Waals surface area contributed by atoms with Gasteiger partial charge in [-0.2, -0.15) is 0 Å². The van der Waals surface area contributed by atoms with Crippen LogP contribution in [0.5, 0.6) is 0 Å². The fraction of sp³-hybridized carbons (Fsp3) is 0.286. The summed E-state index contributed by atoms with van der Waals surface area (Å²) in [5.74, 6) is -0.732. The number of hydrogen-bond donors (Lipinski definition) is 1. The topological polar surface area (TPSA) is 70.6 Å². The van der Waals surface area contributed by atoms with E-state index in [1.807, 2.05) is 19.2 Å². The number of nitrogens with zero attached hydrogens (tertiary/aromatic N) is 1. The number of quaternary nitrogens is 1. The molecule has 0 spiro atoms. The third-order valence-corrected chi connectivity index (χ3v) is 2.93. The summed E-state index contributed by atoms with van der Waals surface area (Å²) in [4.78, 5) is 15.8. The lowest BCUT2D eigenvalue weighted by Gasteiger charge is -2.12. The molecule has 1 atom stereocenters. The number of rotatable bonds is 6. The standard InChI is InChI=1S/C14H16N2O3/c1-16(9-6-11-4-7-15-8-5-11)10-12-2-3-13(19-12)14(17)18/h2-5,7-8H,6,9-10H2,1H3,(H,17,18). The van der Waals surface area contributed by atoms with E-state index in [1.54, 1.807) is 18.5 Å². The van der Waals surface area contributed by atoms with Crippen molar-refractivity contribution in [2.24, 2.45) is 0 Å². The number of hydrogen-bond acceptors (Lipinski definition) is 4. The highest BCUT2D eigenvalue weighted by Crippen LogP contribution is 2.05. The van der Waals surface area contributed by atoms with Gasteiger partial charge in [-0.05, 0) is 29.8 Å². The van der Waals surface area contributed by atoms with Gasteiger partial charge in [-0.3, -0.25) is 4.98 Å². The summed E-state index contributed by atoms with van der Waals surface area (Å²) in [6, 6.07) is 7.10. The van der Waals surface area contributed by atoms with Crippen molar-refractivity contribution in [3.63, 3.8) is 0 Å². The van der Waals surface area contributed by atoms with Crippen LogP contribution in [0, 0.1) is 0 Å². The monoisotopic (exact) mass is 260 g/mol. The first-order valence-corrected chi connectivity index (χ1v) is 6.15. The molecule has 0 amide bonds. The van der Waals surface area contributed by atoms with Crippen molar-refractivity contribution >= 4 is 5.97 Å². The van der Waals surface area contributed by atoms with Crippen molar-refractivity contribution in [1.82, 2.24) is 4.98 Å². The zero-order valence-corrected chi connectivity index (χ0v) is 10.8. The van der Waals surface area contributed by atoms with Gasteiger partial charge in [0, 0.05) is 18.8 Å². The van der Waals surface area contributed by atoms with Gasteiger partial charge in [0.1, 0.15) is 18.3 Å². The molecule has 5 nitrogen and oxygen atoms in total. The van der Waals surface area contributed by atoms with Gasteiger partial charge in [0.25, 0.3) is 0 Å². The van der Waals surface area contributed by atoms with Gasteiger partial charge >= 0.3 is 0 Å². The number of pyridine rings is 1. The first kappa shape index (κ1) is 13.3. The molecule has 0 fully saturated rings. The maximum absolute atomic E-state index is 10.6.